The fourth-order valence-electron chi connectivity index (χ4n) is 1.65. The SMILES string of the molecule is O=C(Cc1cccs1)NCc1ccc(C(F)(F)F)cc1. The van der Waals surface area contributed by atoms with Crippen molar-refractivity contribution in [2.75, 3.05) is 0 Å². The molecule has 0 fully saturated rings. The Labute approximate surface area is 118 Å². The number of halogens is 3. The van der Waals surface area contributed by atoms with Gasteiger partial charge < -0.3 is 5.32 Å². The molecular formula is C14H12F3NOS. The van der Waals surface area contributed by atoms with E-state index in [0.717, 1.165) is 17.0 Å². The number of rotatable bonds is 4. The highest BCUT2D eigenvalue weighted by Crippen LogP contribution is 2.29. The Bertz CT molecular complexity index is 561. The van der Waals surface area contributed by atoms with Gasteiger partial charge in [0, 0.05) is 11.4 Å². The van der Waals surface area contributed by atoms with Gasteiger partial charge in [0.1, 0.15) is 0 Å². The minimum Gasteiger partial charge on any atom is -0.352 e. The molecule has 1 aromatic carbocycles. The van der Waals surface area contributed by atoms with Crippen molar-refractivity contribution >= 4 is 17.2 Å². The molecule has 2 aromatic rings. The number of alkyl halides is 3. The van der Waals surface area contributed by atoms with Crippen molar-refractivity contribution in [1.82, 2.24) is 5.32 Å². The van der Waals surface area contributed by atoms with Gasteiger partial charge in [-0.1, -0.05) is 18.2 Å². The second-order valence-corrected chi connectivity index (χ2v) is 5.26. The highest BCUT2D eigenvalue weighted by atomic mass is 32.1. The van der Waals surface area contributed by atoms with E-state index in [-0.39, 0.29) is 18.9 Å². The monoisotopic (exact) mass is 299 g/mol. The lowest BCUT2D eigenvalue weighted by atomic mass is 10.1. The third-order valence-corrected chi connectivity index (χ3v) is 3.56. The van der Waals surface area contributed by atoms with Crippen LogP contribution < -0.4 is 5.32 Å². The molecule has 2 nitrogen and oxygen atoms in total. The molecule has 20 heavy (non-hydrogen) atoms. The first-order valence-corrected chi connectivity index (χ1v) is 6.78. The number of benzene rings is 1. The van der Waals surface area contributed by atoms with Crippen LogP contribution in [0.2, 0.25) is 0 Å². The van der Waals surface area contributed by atoms with Crippen LogP contribution in [0.15, 0.2) is 41.8 Å². The highest BCUT2D eigenvalue weighted by Gasteiger charge is 2.29. The van der Waals surface area contributed by atoms with Crippen LogP contribution in [0.1, 0.15) is 16.0 Å². The summed E-state index contributed by atoms with van der Waals surface area (Å²) in [4.78, 5) is 12.6. The average Bonchev–Trinajstić information content (AvgIpc) is 2.88. The van der Waals surface area contributed by atoms with E-state index in [9.17, 15) is 18.0 Å². The number of carbonyl (C=O) groups is 1. The molecular weight excluding hydrogens is 287 g/mol. The number of hydrogen-bond donors (Lipinski definition) is 1. The van der Waals surface area contributed by atoms with Crippen LogP contribution in [0.25, 0.3) is 0 Å². The van der Waals surface area contributed by atoms with Crippen molar-refractivity contribution in [1.29, 1.82) is 0 Å². The fourth-order valence-corrected chi connectivity index (χ4v) is 2.35. The largest absolute Gasteiger partial charge is 0.416 e. The smallest absolute Gasteiger partial charge is 0.352 e. The van der Waals surface area contributed by atoms with Crippen LogP contribution >= 0.6 is 11.3 Å². The third kappa shape index (κ3) is 4.09. The van der Waals surface area contributed by atoms with Crippen LogP contribution in [0, 0.1) is 0 Å². The van der Waals surface area contributed by atoms with Gasteiger partial charge in [-0.25, -0.2) is 0 Å². The van der Waals surface area contributed by atoms with E-state index in [2.05, 4.69) is 5.32 Å². The molecule has 0 bridgehead atoms. The minimum absolute atomic E-state index is 0.146. The lowest BCUT2D eigenvalue weighted by Gasteiger charge is -2.08. The molecule has 1 amide bonds. The van der Waals surface area contributed by atoms with Crippen molar-refractivity contribution in [3.05, 3.63) is 57.8 Å². The summed E-state index contributed by atoms with van der Waals surface area (Å²) in [5.74, 6) is -0.146. The molecule has 0 unspecified atom stereocenters. The van der Waals surface area contributed by atoms with Gasteiger partial charge in [0.15, 0.2) is 0 Å². The summed E-state index contributed by atoms with van der Waals surface area (Å²) in [6, 6.07) is 8.50. The molecule has 0 radical (unpaired) electrons. The lowest BCUT2D eigenvalue weighted by molar-refractivity contribution is -0.137. The number of amides is 1. The molecule has 0 aliphatic heterocycles. The Kier molecular flexibility index (Phi) is 4.44. The number of carbonyl (C=O) groups excluding carboxylic acids is 1. The lowest BCUT2D eigenvalue weighted by Crippen LogP contribution is -2.24. The highest BCUT2D eigenvalue weighted by molar-refractivity contribution is 7.10. The van der Waals surface area contributed by atoms with E-state index in [1.165, 1.54) is 23.5 Å². The van der Waals surface area contributed by atoms with Gasteiger partial charge in [0.25, 0.3) is 0 Å². The normalized spacial score (nSPS) is 11.3. The molecule has 1 heterocycles. The second kappa shape index (κ2) is 6.09. The van der Waals surface area contributed by atoms with E-state index in [1.54, 1.807) is 0 Å². The Morgan fingerprint density at radius 3 is 2.40 bits per heavy atom. The molecule has 0 saturated carbocycles. The molecule has 0 spiro atoms. The summed E-state index contributed by atoms with van der Waals surface area (Å²) in [6.07, 6.45) is -4.04. The molecule has 6 heteroatoms. The van der Waals surface area contributed by atoms with Gasteiger partial charge in [-0.15, -0.1) is 11.3 Å². The van der Waals surface area contributed by atoms with Crippen LogP contribution in [-0.4, -0.2) is 5.91 Å². The summed E-state index contributed by atoms with van der Waals surface area (Å²) in [5.41, 5.74) is -0.0521. The fraction of sp³-hybridized carbons (Fsp3) is 0.214. The summed E-state index contributed by atoms with van der Waals surface area (Å²) >= 11 is 1.49. The molecule has 0 atom stereocenters. The van der Waals surface area contributed by atoms with Gasteiger partial charge in [0.05, 0.1) is 12.0 Å². The first-order valence-electron chi connectivity index (χ1n) is 5.90. The Morgan fingerprint density at radius 2 is 1.85 bits per heavy atom. The average molecular weight is 299 g/mol. The summed E-state index contributed by atoms with van der Waals surface area (Å²) in [6.45, 7) is 0.225. The predicted octanol–water partition coefficient (Wildman–Crippen LogP) is 3.63. The Balaban J connectivity index is 1.86. The van der Waals surface area contributed by atoms with Crippen LogP contribution in [0.3, 0.4) is 0 Å². The molecule has 1 N–H and O–H groups in total. The predicted molar refractivity (Wildman–Crippen MR) is 71.3 cm³/mol. The van der Waals surface area contributed by atoms with Gasteiger partial charge >= 0.3 is 6.18 Å². The number of thiophene rings is 1. The zero-order valence-electron chi connectivity index (χ0n) is 10.4. The van der Waals surface area contributed by atoms with E-state index >= 15 is 0 Å². The van der Waals surface area contributed by atoms with Gasteiger partial charge in [-0.3, -0.25) is 4.79 Å². The first-order chi connectivity index (χ1) is 9.45. The quantitative estimate of drug-likeness (QED) is 0.918. The Hall–Kier alpha value is -1.82. The van der Waals surface area contributed by atoms with Crippen molar-refractivity contribution in [2.45, 2.75) is 19.1 Å². The molecule has 0 aliphatic carbocycles. The van der Waals surface area contributed by atoms with E-state index < -0.39 is 11.7 Å². The summed E-state index contributed by atoms with van der Waals surface area (Å²) in [7, 11) is 0. The van der Waals surface area contributed by atoms with E-state index in [0.29, 0.717) is 5.56 Å². The standard InChI is InChI=1S/C14H12F3NOS/c15-14(16,17)11-5-3-10(4-6-11)9-18-13(19)8-12-2-1-7-20-12/h1-7H,8-9H2,(H,18,19). The molecule has 1 aromatic heterocycles. The van der Waals surface area contributed by atoms with Gasteiger partial charge in [-0.2, -0.15) is 13.2 Å². The zero-order valence-corrected chi connectivity index (χ0v) is 11.2. The van der Waals surface area contributed by atoms with Crippen molar-refractivity contribution < 1.29 is 18.0 Å². The van der Waals surface area contributed by atoms with Crippen molar-refractivity contribution in [3.63, 3.8) is 0 Å². The van der Waals surface area contributed by atoms with Gasteiger partial charge in [0.2, 0.25) is 5.91 Å². The summed E-state index contributed by atoms with van der Waals surface area (Å²) < 4.78 is 37.1. The van der Waals surface area contributed by atoms with Crippen LogP contribution in [0.5, 0.6) is 0 Å². The molecule has 0 saturated heterocycles. The molecule has 106 valence electrons. The van der Waals surface area contributed by atoms with Crippen molar-refractivity contribution in [3.8, 4) is 0 Å². The second-order valence-electron chi connectivity index (χ2n) is 4.23. The number of nitrogens with one attached hydrogen (secondary N) is 1. The van der Waals surface area contributed by atoms with E-state index in [4.69, 9.17) is 0 Å². The zero-order chi connectivity index (χ0) is 14.6. The van der Waals surface area contributed by atoms with Crippen LogP contribution in [0.4, 0.5) is 13.2 Å². The van der Waals surface area contributed by atoms with Crippen molar-refractivity contribution in [2.24, 2.45) is 0 Å². The maximum absolute atomic E-state index is 12.4. The summed E-state index contributed by atoms with van der Waals surface area (Å²) in [5, 5.41) is 4.57. The van der Waals surface area contributed by atoms with E-state index in [1.807, 2.05) is 17.5 Å². The topological polar surface area (TPSA) is 29.1 Å². The van der Waals surface area contributed by atoms with Gasteiger partial charge in [-0.05, 0) is 29.1 Å². The Morgan fingerprint density at radius 1 is 1.15 bits per heavy atom. The minimum atomic E-state index is -4.33. The molecule has 2 rings (SSSR count). The number of hydrogen-bond acceptors (Lipinski definition) is 2. The first kappa shape index (κ1) is 14.6. The molecule has 0 aliphatic rings. The third-order valence-electron chi connectivity index (χ3n) is 2.69. The maximum Gasteiger partial charge on any atom is 0.416 e. The maximum atomic E-state index is 12.4. The van der Waals surface area contributed by atoms with Crippen LogP contribution in [-0.2, 0) is 23.9 Å².